The first-order valence-electron chi connectivity index (χ1n) is 12.0. The van der Waals surface area contributed by atoms with E-state index in [0.717, 1.165) is 57.1 Å². The van der Waals surface area contributed by atoms with Crippen molar-refractivity contribution in [3.63, 3.8) is 0 Å². The number of aromatic amines is 1. The molecule has 0 bridgehead atoms. The van der Waals surface area contributed by atoms with E-state index in [1.54, 1.807) is 0 Å². The number of aromatic nitrogens is 2. The first kappa shape index (κ1) is 21.1. The molecule has 2 heterocycles. The molecule has 4 nitrogen and oxygen atoms in total. The fourth-order valence-electron chi connectivity index (χ4n) is 4.86. The SMILES string of the molecule is O=C(CCCc1c(-c2ccc3ccccc3n2)[nH]c2ccccc12)Nc1cccc2ccccc12. The third-order valence-electron chi connectivity index (χ3n) is 6.56. The smallest absolute Gasteiger partial charge is 0.224 e. The summed E-state index contributed by atoms with van der Waals surface area (Å²) in [4.78, 5) is 21.3. The summed E-state index contributed by atoms with van der Waals surface area (Å²) in [5, 5.41) is 7.60. The maximum absolute atomic E-state index is 12.8. The lowest BCUT2D eigenvalue weighted by Crippen LogP contribution is -2.11. The molecule has 2 aromatic heterocycles. The van der Waals surface area contributed by atoms with Gasteiger partial charge in [-0.1, -0.05) is 78.9 Å². The highest BCUT2D eigenvalue weighted by molar-refractivity contribution is 6.02. The van der Waals surface area contributed by atoms with Crippen molar-refractivity contribution in [2.24, 2.45) is 0 Å². The van der Waals surface area contributed by atoms with Crippen molar-refractivity contribution in [2.75, 3.05) is 5.32 Å². The van der Waals surface area contributed by atoms with Gasteiger partial charge in [0.1, 0.15) is 0 Å². The van der Waals surface area contributed by atoms with Crippen molar-refractivity contribution in [1.29, 1.82) is 0 Å². The number of carbonyl (C=O) groups excluding carboxylic acids is 1. The molecule has 0 radical (unpaired) electrons. The van der Waals surface area contributed by atoms with E-state index in [1.807, 2.05) is 54.6 Å². The van der Waals surface area contributed by atoms with Crippen molar-refractivity contribution in [1.82, 2.24) is 9.97 Å². The fourth-order valence-corrected chi connectivity index (χ4v) is 4.86. The molecule has 0 fully saturated rings. The molecular weight excluding hydrogens is 430 g/mol. The standard InChI is InChI=1S/C31H25N3O/c35-30(33-27-17-7-11-21-9-1-3-12-23(21)27)18-8-14-25-24-13-4-6-16-28(24)34-31(25)29-20-19-22-10-2-5-15-26(22)32-29/h1-7,9-13,15-17,19-20,34H,8,14,18H2,(H,33,35). The molecule has 0 unspecified atom stereocenters. The van der Waals surface area contributed by atoms with Gasteiger partial charge in [0.15, 0.2) is 0 Å². The third kappa shape index (κ3) is 4.15. The molecule has 0 aliphatic rings. The predicted molar refractivity (Wildman–Crippen MR) is 145 cm³/mol. The van der Waals surface area contributed by atoms with E-state index in [4.69, 9.17) is 4.98 Å². The van der Waals surface area contributed by atoms with Crippen LogP contribution >= 0.6 is 0 Å². The number of aryl methyl sites for hydroxylation is 1. The summed E-state index contributed by atoms with van der Waals surface area (Å²) in [5.74, 6) is 0.0339. The van der Waals surface area contributed by atoms with Crippen LogP contribution < -0.4 is 5.32 Å². The molecule has 0 saturated carbocycles. The Morgan fingerprint density at radius 3 is 2.40 bits per heavy atom. The summed E-state index contributed by atoms with van der Waals surface area (Å²) in [6.07, 6.45) is 1.99. The molecule has 6 rings (SSSR count). The van der Waals surface area contributed by atoms with Gasteiger partial charge in [0, 0.05) is 33.8 Å². The number of nitrogens with one attached hydrogen (secondary N) is 2. The molecule has 35 heavy (non-hydrogen) atoms. The van der Waals surface area contributed by atoms with Gasteiger partial charge in [0.2, 0.25) is 5.91 Å². The average Bonchev–Trinajstić information content (AvgIpc) is 3.27. The number of benzene rings is 4. The number of para-hydroxylation sites is 2. The molecule has 0 atom stereocenters. The lowest BCUT2D eigenvalue weighted by atomic mass is 10.0. The number of hydrogen-bond donors (Lipinski definition) is 2. The molecule has 0 aliphatic carbocycles. The van der Waals surface area contributed by atoms with Gasteiger partial charge in [-0.3, -0.25) is 4.79 Å². The van der Waals surface area contributed by atoms with Gasteiger partial charge in [0.05, 0.1) is 16.9 Å². The zero-order valence-electron chi connectivity index (χ0n) is 19.3. The number of anilines is 1. The Kier molecular flexibility index (Phi) is 5.47. The minimum atomic E-state index is 0.0339. The molecule has 0 aliphatic heterocycles. The molecule has 6 aromatic rings. The maximum Gasteiger partial charge on any atom is 0.224 e. The number of pyridine rings is 1. The zero-order chi connectivity index (χ0) is 23.6. The summed E-state index contributed by atoms with van der Waals surface area (Å²) in [5.41, 5.74) is 6.10. The minimum Gasteiger partial charge on any atom is -0.353 e. The lowest BCUT2D eigenvalue weighted by molar-refractivity contribution is -0.116. The first-order valence-corrected chi connectivity index (χ1v) is 12.0. The van der Waals surface area contributed by atoms with Gasteiger partial charge >= 0.3 is 0 Å². The molecule has 4 heteroatoms. The van der Waals surface area contributed by atoms with Gasteiger partial charge in [-0.05, 0) is 48.1 Å². The van der Waals surface area contributed by atoms with E-state index in [-0.39, 0.29) is 5.91 Å². The highest BCUT2D eigenvalue weighted by Gasteiger charge is 2.15. The van der Waals surface area contributed by atoms with Crippen LogP contribution in [-0.4, -0.2) is 15.9 Å². The quantitative estimate of drug-likeness (QED) is 0.273. The molecule has 170 valence electrons. The highest BCUT2D eigenvalue weighted by atomic mass is 16.1. The monoisotopic (exact) mass is 455 g/mol. The normalized spacial score (nSPS) is 11.3. The molecule has 4 aromatic carbocycles. The topological polar surface area (TPSA) is 57.8 Å². The van der Waals surface area contributed by atoms with Crippen LogP contribution in [0.2, 0.25) is 0 Å². The molecule has 0 spiro atoms. The number of H-pyrrole nitrogens is 1. The van der Waals surface area contributed by atoms with E-state index < -0.39 is 0 Å². The van der Waals surface area contributed by atoms with Crippen molar-refractivity contribution < 1.29 is 4.79 Å². The van der Waals surface area contributed by atoms with Crippen molar-refractivity contribution in [3.05, 3.63) is 109 Å². The first-order chi connectivity index (χ1) is 17.3. The van der Waals surface area contributed by atoms with E-state index >= 15 is 0 Å². The second-order valence-corrected chi connectivity index (χ2v) is 8.84. The van der Waals surface area contributed by atoms with E-state index in [0.29, 0.717) is 6.42 Å². The highest BCUT2D eigenvalue weighted by Crippen LogP contribution is 2.32. The third-order valence-corrected chi connectivity index (χ3v) is 6.56. The Balaban J connectivity index is 1.24. The van der Waals surface area contributed by atoms with E-state index in [9.17, 15) is 4.79 Å². The Morgan fingerprint density at radius 1 is 0.743 bits per heavy atom. The Morgan fingerprint density at radius 2 is 1.49 bits per heavy atom. The number of nitrogens with zero attached hydrogens (tertiary/aromatic N) is 1. The van der Waals surface area contributed by atoms with Crippen LogP contribution in [0, 0.1) is 0 Å². The average molecular weight is 456 g/mol. The Hall–Kier alpha value is -4.44. The number of rotatable bonds is 6. The molecule has 2 N–H and O–H groups in total. The van der Waals surface area contributed by atoms with Gasteiger partial charge in [-0.15, -0.1) is 0 Å². The van der Waals surface area contributed by atoms with Crippen LogP contribution in [0.1, 0.15) is 18.4 Å². The van der Waals surface area contributed by atoms with E-state index in [2.05, 4.69) is 58.8 Å². The van der Waals surface area contributed by atoms with Crippen molar-refractivity contribution >= 4 is 44.2 Å². The largest absolute Gasteiger partial charge is 0.353 e. The number of carbonyl (C=O) groups is 1. The van der Waals surface area contributed by atoms with Crippen molar-refractivity contribution in [2.45, 2.75) is 19.3 Å². The number of fused-ring (bicyclic) bond motifs is 3. The fraction of sp³-hybridized carbons (Fsp3) is 0.0968. The van der Waals surface area contributed by atoms with Crippen LogP contribution in [0.3, 0.4) is 0 Å². The van der Waals surface area contributed by atoms with Crippen LogP contribution in [0.25, 0.3) is 44.0 Å². The second-order valence-electron chi connectivity index (χ2n) is 8.84. The van der Waals surface area contributed by atoms with Gasteiger partial charge in [0.25, 0.3) is 0 Å². The Labute approximate surface area is 203 Å². The number of hydrogen-bond acceptors (Lipinski definition) is 2. The summed E-state index contributed by atoms with van der Waals surface area (Å²) >= 11 is 0. The van der Waals surface area contributed by atoms with Crippen LogP contribution in [0.4, 0.5) is 5.69 Å². The summed E-state index contributed by atoms with van der Waals surface area (Å²) in [6, 6.07) is 34.8. The molecular formula is C31H25N3O. The summed E-state index contributed by atoms with van der Waals surface area (Å²) in [6.45, 7) is 0. The van der Waals surface area contributed by atoms with Gasteiger partial charge in [-0.25, -0.2) is 4.98 Å². The molecule has 1 amide bonds. The predicted octanol–water partition coefficient (Wildman–Crippen LogP) is 7.50. The van der Waals surface area contributed by atoms with E-state index in [1.165, 1.54) is 10.9 Å². The van der Waals surface area contributed by atoms with Crippen LogP contribution in [0.5, 0.6) is 0 Å². The Bertz CT molecular complexity index is 1680. The summed E-state index contributed by atoms with van der Waals surface area (Å²) < 4.78 is 0. The van der Waals surface area contributed by atoms with Gasteiger partial charge in [-0.2, -0.15) is 0 Å². The lowest BCUT2D eigenvalue weighted by Gasteiger charge is -2.09. The maximum atomic E-state index is 12.8. The second kappa shape index (κ2) is 9.07. The van der Waals surface area contributed by atoms with Crippen LogP contribution in [-0.2, 0) is 11.2 Å². The zero-order valence-corrected chi connectivity index (χ0v) is 19.3. The molecule has 0 saturated heterocycles. The number of amides is 1. The van der Waals surface area contributed by atoms with Crippen molar-refractivity contribution in [3.8, 4) is 11.4 Å². The van der Waals surface area contributed by atoms with Crippen LogP contribution in [0.15, 0.2) is 103 Å². The summed E-state index contributed by atoms with van der Waals surface area (Å²) in [7, 11) is 0. The minimum absolute atomic E-state index is 0.0339. The van der Waals surface area contributed by atoms with Gasteiger partial charge < -0.3 is 10.3 Å².